The Morgan fingerprint density at radius 2 is 1.84 bits per heavy atom. The van der Waals surface area contributed by atoms with Crippen LogP contribution in [0.15, 0.2) is 36.4 Å². The second-order valence-corrected chi connectivity index (χ2v) is 5.94. The number of ether oxygens (including phenoxy) is 1. The van der Waals surface area contributed by atoms with Gasteiger partial charge in [0.2, 0.25) is 11.8 Å². The second kappa shape index (κ2) is 8.48. The fraction of sp³-hybridized carbons (Fsp3) is 0.278. The van der Waals surface area contributed by atoms with Crippen molar-refractivity contribution in [1.29, 1.82) is 0 Å². The normalized spacial score (nSPS) is 10.2. The minimum atomic E-state index is -0.427. The van der Waals surface area contributed by atoms with Crippen molar-refractivity contribution in [2.24, 2.45) is 0 Å². The van der Waals surface area contributed by atoms with Gasteiger partial charge in [-0.3, -0.25) is 9.59 Å². The number of halogens is 1. The number of carbonyl (C=O) groups is 2. The zero-order chi connectivity index (χ0) is 18.4. The van der Waals surface area contributed by atoms with Crippen LogP contribution >= 0.6 is 11.6 Å². The Morgan fingerprint density at radius 1 is 1.16 bits per heavy atom. The van der Waals surface area contributed by atoms with Gasteiger partial charge in [-0.2, -0.15) is 0 Å². The van der Waals surface area contributed by atoms with Crippen molar-refractivity contribution in [2.75, 3.05) is 26.0 Å². The lowest BCUT2D eigenvalue weighted by Gasteiger charge is -2.11. The van der Waals surface area contributed by atoms with E-state index in [-0.39, 0.29) is 16.6 Å². The zero-order valence-corrected chi connectivity index (χ0v) is 15.1. The lowest BCUT2D eigenvalue weighted by atomic mass is 10.1. The lowest BCUT2D eigenvalue weighted by molar-refractivity contribution is -0.127. The number of nitrogens with zero attached hydrogens (tertiary/aromatic N) is 2. The summed E-state index contributed by atoms with van der Waals surface area (Å²) in [5, 5.41) is 2.98. The van der Waals surface area contributed by atoms with Gasteiger partial charge in [0.25, 0.3) is 5.91 Å². The molecule has 0 spiro atoms. The summed E-state index contributed by atoms with van der Waals surface area (Å²) in [6.45, 7) is 2.28. The highest BCUT2D eigenvalue weighted by atomic mass is 35.5. The fourth-order valence-electron chi connectivity index (χ4n) is 2.04. The molecule has 0 aliphatic rings. The molecule has 0 aliphatic heterocycles. The van der Waals surface area contributed by atoms with Crippen molar-refractivity contribution in [3.63, 3.8) is 0 Å². The molecule has 0 bridgehead atoms. The Hall–Kier alpha value is -2.60. The molecular formula is C18H20ClN3O3. The summed E-state index contributed by atoms with van der Waals surface area (Å²) in [6, 6.07) is 10.2. The van der Waals surface area contributed by atoms with E-state index in [1.54, 1.807) is 50.5 Å². The summed E-state index contributed by atoms with van der Waals surface area (Å²) in [4.78, 5) is 29.7. The van der Waals surface area contributed by atoms with Gasteiger partial charge in [-0.1, -0.05) is 23.7 Å². The van der Waals surface area contributed by atoms with Crippen LogP contribution in [-0.4, -0.2) is 42.4 Å². The molecule has 0 saturated heterocycles. The largest absolute Gasteiger partial charge is 0.478 e. The average molecular weight is 362 g/mol. The minimum absolute atomic E-state index is 0.0144. The zero-order valence-electron chi connectivity index (χ0n) is 14.4. The number of benzene rings is 1. The van der Waals surface area contributed by atoms with Crippen LogP contribution in [0.2, 0.25) is 5.02 Å². The predicted octanol–water partition coefficient (Wildman–Crippen LogP) is 3.02. The minimum Gasteiger partial charge on any atom is -0.478 e. The van der Waals surface area contributed by atoms with E-state index < -0.39 is 5.91 Å². The SMILES string of the molecule is CCOc1ccc(Cl)c(C(=O)Nc2ccc(CC(=O)N(C)C)cc2)n1. The van der Waals surface area contributed by atoms with E-state index in [9.17, 15) is 9.59 Å². The summed E-state index contributed by atoms with van der Waals surface area (Å²) in [5.41, 5.74) is 1.55. The van der Waals surface area contributed by atoms with Gasteiger partial charge in [0.05, 0.1) is 18.1 Å². The Kier molecular flexibility index (Phi) is 6.36. The smallest absolute Gasteiger partial charge is 0.275 e. The number of amides is 2. The molecule has 2 aromatic rings. The first-order valence-electron chi connectivity index (χ1n) is 7.80. The third kappa shape index (κ3) is 5.19. The molecule has 132 valence electrons. The third-order valence-electron chi connectivity index (χ3n) is 3.39. The van der Waals surface area contributed by atoms with Crippen LogP contribution in [0.3, 0.4) is 0 Å². The number of pyridine rings is 1. The topological polar surface area (TPSA) is 71.5 Å². The molecule has 7 heteroatoms. The number of hydrogen-bond donors (Lipinski definition) is 1. The van der Waals surface area contributed by atoms with Gasteiger partial charge in [-0.05, 0) is 30.7 Å². The number of rotatable bonds is 6. The quantitative estimate of drug-likeness (QED) is 0.858. The summed E-state index contributed by atoms with van der Waals surface area (Å²) in [6.07, 6.45) is 0.311. The molecule has 0 aliphatic carbocycles. The number of hydrogen-bond acceptors (Lipinski definition) is 4. The molecule has 1 N–H and O–H groups in total. The lowest BCUT2D eigenvalue weighted by Crippen LogP contribution is -2.23. The molecule has 0 unspecified atom stereocenters. The van der Waals surface area contributed by atoms with E-state index in [0.29, 0.717) is 24.6 Å². The summed E-state index contributed by atoms with van der Waals surface area (Å²) in [5.74, 6) is -0.0706. The van der Waals surface area contributed by atoms with Crippen molar-refractivity contribution in [1.82, 2.24) is 9.88 Å². The first kappa shape index (κ1) is 18.7. The third-order valence-corrected chi connectivity index (χ3v) is 3.70. The van der Waals surface area contributed by atoms with E-state index in [1.807, 2.05) is 6.92 Å². The molecule has 2 rings (SSSR count). The van der Waals surface area contributed by atoms with Gasteiger partial charge in [0.15, 0.2) is 5.69 Å². The Bertz CT molecular complexity index is 761. The summed E-state index contributed by atoms with van der Waals surface area (Å²) in [7, 11) is 3.42. The number of likely N-dealkylation sites (N-methyl/N-ethyl adjacent to an activating group) is 1. The Balaban J connectivity index is 2.08. The van der Waals surface area contributed by atoms with Gasteiger partial charge < -0.3 is 15.0 Å². The van der Waals surface area contributed by atoms with Crippen LogP contribution in [-0.2, 0) is 11.2 Å². The Labute approximate surface area is 151 Å². The van der Waals surface area contributed by atoms with E-state index in [1.165, 1.54) is 4.90 Å². The maximum absolute atomic E-state index is 12.4. The first-order valence-corrected chi connectivity index (χ1v) is 8.18. The molecule has 1 aromatic heterocycles. The maximum atomic E-state index is 12.4. The average Bonchev–Trinajstić information content (AvgIpc) is 2.58. The van der Waals surface area contributed by atoms with Gasteiger partial charge in [0.1, 0.15) is 0 Å². The van der Waals surface area contributed by atoms with Crippen LogP contribution < -0.4 is 10.1 Å². The van der Waals surface area contributed by atoms with Crippen LogP contribution in [0, 0.1) is 0 Å². The highest BCUT2D eigenvalue weighted by molar-refractivity contribution is 6.34. The van der Waals surface area contributed by atoms with Crippen LogP contribution in [0.25, 0.3) is 0 Å². The van der Waals surface area contributed by atoms with Crippen molar-refractivity contribution in [2.45, 2.75) is 13.3 Å². The van der Waals surface area contributed by atoms with Crippen LogP contribution in [0.4, 0.5) is 5.69 Å². The molecule has 0 saturated carbocycles. The van der Waals surface area contributed by atoms with E-state index in [0.717, 1.165) is 5.56 Å². The molecule has 0 radical (unpaired) electrons. The standard InChI is InChI=1S/C18H20ClN3O3/c1-4-25-15-10-9-14(19)17(21-15)18(24)20-13-7-5-12(6-8-13)11-16(23)22(2)3/h5-10H,4,11H2,1-3H3,(H,20,24). The number of aromatic nitrogens is 1. The van der Waals surface area contributed by atoms with Crippen molar-refractivity contribution >= 4 is 29.1 Å². The summed E-state index contributed by atoms with van der Waals surface area (Å²) >= 11 is 6.05. The molecule has 0 fully saturated rings. The molecule has 1 aromatic carbocycles. The van der Waals surface area contributed by atoms with Crippen molar-refractivity contribution in [3.8, 4) is 5.88 Å². The monoisotopic (exact) mass is 361 g/mol. The van der Waals surface area contributed by atoms with E-state index in [2.05, 4.69) is 10.3 Å². The second-order valence-electron chi connectivity index (χ2n) is 5.53. The molecular weight excluding hydrogens is 342 g/mol. The molecule has 1 heterocycles. The molecule has 25 heavy (non-hydrogen) atoms. The van der Waals surface area contributed by atoms with Crippen molar-refractivity contribution in [3.05, 3.63) is 52.7 Å². The fourth-order valence-corrected chi connectivity index (χ4v) is 2.23. The highest BCUT2D eigenvalue weighted by Crippen LogP contribution is 2.20. The molecule has 0 atom stereocenters. The Morgan fingerprint density at radius 3 is 2.44 bits per heavy atom. The highest BCUT2D eigenvalue weighted by Gasteiger charge is 2.14. The van der Waals surface area contributed by atoms with E-state index in [4.69, 9.17) is 16.3 Å². The van der Waals surface area contributed by atoms with Crippen LogP contribution in [0.5, 0.6) is 5.88 Å². The molecule has 2 amide bonds. The predicted molar refractivity (Wildman–Crippen MR) is 97.2 cm³/mol. The number of carbonyl (C=O) groups excluding carboxylic acids is 2. The maximum Gasteiger partial charge on any atom is 0.275 e. The van der Waals surface area contributed by atoms with Gasteiger partial charge in [0, 0.05) is 25.8 Å². The van der Waals surface area contributed by atoms with Gasteiger partial charge >= 0.3 is 0 Å². The summed E-state index contributed by atoms with van der Waals surface area (Å²) < 4.78 is 5.29. The van der Waals surface area contributed by atoms with E-state index >= 15 is 0 Å². The molecule has 6 nitrogen and oxygen atoms in total. The number of anilines is 1. The number of nitrogens with one attached hydrogen (secondary N) is 1. The van der Waals surface area contributed by atoms with Gasteiger partial charge in [-0.15, -0.1) is 0 Å². The van der Waals surface area contributed by atoms with Crippen molar-refractivity contribution < 1.29 is 14.3 Å². The van der Waals surface area contributed by atoms with Gasteiger partial charge in [-0.25, -0.2) is 4.98 Å². The van der Waals surface area contributed by atoms with Crippen LogP contribution in [0.1, 0.15) is 23.0 Å². The first-order chi connectivity index (χ1) is 11.9.